The third-order valence-electron chi connectivity index (χ3n) is 5.42. The van der Waals surface area contributed by atoms with Crippen LogP contribution in [0.25, 0.3) is 11.0 Å². The predicted molar refractivity (Wildman–Crippen MR) is 133 cm³/mol. The van der Waals surface area contributed by atoms with E-state index < -0.39 is 0 Å². The molecule has 0 atom stereocenters. The van der Waals surface area contributed by atoms with Crippen LogP contribution in [0, 0.1) is 0 Å². The number of hydrogen-bond acceptors (Lipinski definition) is 5. The summed E-state index contributed by atoms with van der Waals surface area (Å²) in [6.45, 7) is 1.88. The van der Waals surface area contributed by atoms with E-state index >= 15 is 0 Å². The quantitative estimate of drug-likeness (QED) is 0.247. The minimum atomic E-state index is -0.292. The summed E-state index contributed by atoms with van der Waals surface area (Å²) in [5.41, 5.74) is 2.51. The molecular formula is C26H20Br2O5. The molecule has 0 fully saturated rings. The van der Waals surface area contributed by atoms with E-state index in [1.165, 1.54) is 18.2 Å². The van der Waals surface area contributed by atoms with E-state index in [1.807, 2.05) is 37.3 Å². The summed E-state index contributed by atoms with van der Waals surface area (Å²) in [5.74, 6) is 0.103. The smallest absolute Gasteiger partial charge is 0.197 e. The van der Waals surface area contributed by atoms with Gasteiger partial charge in [0.05, 0.1) is 14.5 Å². The minimum absolute atomic E-state index is 0.00164. The first kappa shape index (κ1) is 23.3. The predicted octanol–water partition coefficient (Wildman–Crippen LogP) is 6.52. The molecule has 2 N–H and O–H groups in total. The maximum atomic E-state index is 13.4. The number of aryl methyl sites for hydroxylation is 1. The van der Waals surface area contributed by atoms with Gasteiger partial charge in [0, 0.05) is 35.8 Å². The Kier molecular flexibility index (Phi) is 6.72. The van der Waals surface area contributed by atoms with Crippen LogP contribution in [0.15, 0.2) is 68.0 Å². The van der Waals surface area contributed by atoms with Crippen LogP contribution in [-0.4, -0.2) is 21.8 Å². The fourth-order valence-electron chi connectivity index (χ4n) is 3.80. The Morgan fingerprint density at radius 2 is 1.61 bits per heavy atom. The molecule has 0 saturated heterocycles. The van der Waals surface area contributed by atoms with Crippen LogP contribution in [-0.2, 0) is 24.1 Å². The maximum Gasteiger partial charge on any atom is 0.197 e. The van der Waals surface area contributed by atoms with Crippen LogP contribution >= 0.6 is 31.9 Å². The standard InChI is InChI=1S/C26H20Br2O5/c1-2-22-24(25(31)16-10-19(27)26(32)20(28)11-16)18-13-21(30)15(12-23(18)33-22)9-17(29)8-14-6-4-3-5-7-14/h3-7,10-13,30,32H,2,8-9H2,1H3. The van der Waals surface area contributed by atoms with Crippen molar-refractivity contribution in [2.24, 2.45) is 0 Å². The van der Waals surface area contributed by atoms with Crippen LogP contribution in [0.3, 0.4) is 0 Å². The summed E-state index contributed by atoms with van der Waals surface area (Å²) in [7, 11) is 0. The number of rotatable bonds is 7. The molecule has 5 nitrogen and oxygen atoms in total. The zero-order valence-corrected chi connectivity index (χ0v) is 20.9. The number of hydrogen-bond donors (Lipinski definition) is 2. The fourth-order valence-corrected chi connectivity index (χ4v) is 4.99. The third-order valence-corrected chi connectivity index (χ3v) is 6.63. The van der Waals surface area contributed by atoms with Gasteiger partial charge in [-0.25, -0.2) is 0 Å². The molecule has 0 aliphatic rings. The first-order valence-electron chi connectivity index (χ1n) is 10.3. The van der Waals surface area contributed by atoms with E-state index in [0.717, 1.165) is 5.56 Å². The van der Waals surface area contributed by atoms with Gasteiger partial charge in [-0.15, -0.1) is 0 Å². The second-order valence-electron chi connectivity index (χ2n) is 7.73. The molecule has 0 bridgehead atoms. The molecule has 168 valence electrons. The lowest BCUT2D eigenvalue weighted by atomic mass is 9.97. The number of carbonyl (C=O) groups excluding carboxylic acids is 2. The van der Waals surface area contributed by atoms with Crippen molar-refractivity contribution < 1.29 is 24.2 Å². The molecule has 1 heterocycles. The second kappa shape index (κ2) is 9.53. The van der Waals surface area contributed by atoms with Gasteiger partial charge in [-0.05, 0) is 61.7 Å². The third kappa shape index (κ3) is 4.75. The number of aromatic hydroxyl groups is 2. The van der Waals surface area contributed by atoms with Crippen molar-refractivity contribution in [2.45, 2.75) is 26.2 Å². The Balaban J connectivity index is 1.70. The summed E-state index contributed by atoms with van der Waals surface area (Å²) in [6, 6.07) is 15.6. The van der Waals surface area contributed by atoms with Crippen LogP contribution in [0.5, 0.6) is 11.5 Å². The van der Waals surface area contributed by atoms with E-state index in [2.05, 4.69) is 31.9 Å². The van der Waals surface area contributed by atoms with Gasteiger partial charge < -0.3 is 14.6 Å². The first-order chi connectivity index (χ1) is 15.8. The Hall–Kier alpha value is -2.90. The lowest BCUT2D eigenvalue weighted by Crippen LogP contribution is -2.07. The molecule has 7 heteroatoms. The molecule has 0 amide bonds. The van der Waals surface area contributed by atoms with Gasteiger partial charge in [-0.3, -0.25) is 9.59 Å². The largest absolute Gasteiger partial charge is 0.508 e. The molecule has 0 aliphatic carbocycles. The van der Waals surface area contributed by atoms with Gasteiger partial charge >= 0.3 is 0 Å². The fraction of sp³-hybridized carbons (Fsp3) is 0.154. The molecule has 4 aromatic rings. The highest BCUT2D eigenvalue weighted by Crippen LogP contribution is 2.37. The van der Waals surface area contributed by atoms with Crippen molar-refractivity contribution in [3.8, 4) is 11.5 Å². The molecule has 1 aromatic heterocycles. The number of phenols is 2. The van der Waals surface area contributed by atoms with Crippen molar-refractivity contribution in [3.05, 3.63) is 91.6 Å². The van der Waals surface area contributed by atoms with E-state index in [0.29, 0.717) is 48.8 Å². The molecule has 0 aliphatic heterocycles. The van der Waals surface area contributed by atoms with Crippen molar-refractivity contribution in [2.75, 3.05) is 0 Å². The number of benzene rings is 3. The number of ketones is 2. The van der Waals surface area contributed by atoms with Gasteiger partial charge in [0.15, 0.2) is 5.78 Å². The van der Waals surface area contributed by atoms with Gasteiger partial charge in [0.25, 0.3) is 0 Å². The molecule has 4 rings (SSSR count). The van der Waals surface area contributed by atoms with Gasteiger partial charge in [-0.1, -0.05) is 37.3 Å². The number of carbonyl (C=O) groups is 2. The summed E-state index contributed by atoms with van der Waals surface area (Å²) in [6.07, 6.45) is 0.796. The number of phenolic OH excluding ortho intramolecular Hbond substituents is 2. The second-order valence-corrected chi connectivity index (χ2v) is 9.43. The number of fused-ring (bicyclic) bond motifs is 1. The Bertz CT molecular complexity index is 1350. The zero-order chi connectivity index (χ0) is 23.7. The molecule has 0 radical (unpaired) electrons. The summed E-state index contributed by atoms with van der Waals surface area (Å²) < 4.78 is 6.72. The van der Waals surface area contributed by atoms with Crippen molar-refractivity contribution in [3.63, 3.8) is 0 Å². The van der Waals surface area contributed by atoms with Gasteiger partial charge in [-0.2, -0.15) is 0 Å². The maximum absolute atomic E-state index is 13.4. The van der Waals surface area contributed by atoms with Crippen LogP contribution in [0.4, 0.5) is 0 Å². The average Bonchev–Trinajstić information content (AvgIpc) is 3.14. The van der Waals surface area contributed by atoms with Crippen LogP contribution in [0.2, 0.25) is 0 Å². The zero-order valence-electron chi connectivity index (χ0n) is 17.7. The summed E-state index contributed by atoms with van der Waals surface area (Å²) >= 11 is 6.51. The van der Waals surface area contributed by atoms with Crippen molar-refractivity contribution in [1.29, 1.82) is 0 Å². The Morgan fingerprint density at radius 1 is 0.939 bits per heavy atom. The average molecular weight is 572 g/mol. The topological polar surface area (TPSA) is 87.7 Å². The summed E-state index contributed by atoms with van der Waals surface area (Å²) in [5, 5.41) is 21.1. The van der Waals surface area contributed by atoms with Crippen LogP contribution in [0.1, 0.15) is 39.7 Å². The summed E-state index contributed by atoms with van der Waals surface area (Å²) in [4.78, 5) is 25.9. The highest BCUT2D eigenvalue weighted by atomic mass is 79.9. The molecular weight excluding hydrogens is 552 g/mol. The number of Topliss-reactive ketones (excluding diaryl/α,β-unsaturated/α-hetero) is 1. The Labute approximate surface area is 207 Å². The normalized spacial score (nSPS) is 11.1. The highest BCUT2D eigenvalue weighted by molar-refractivity contribution is 9.11. The number of furan rings is 1. The van der Waals surface area contributed by atoms with E-state index in [9.17, 15) is 19.8 Å². The number of halogens is 2. The van der Waals surface area contributed by atoms with E-state index in [-0.39, 0.29) is 35.9 Å². The van der Waals surface area contributed by atoms with Crippen molar-refractivity contribution in [1.82, 2.24) is 0 Å². The lowest BCUT2D eigenvalue weighted by Gasteiger charge is -2.07. The molecule has 3 aromatic carbocycles. The minimum Gasteiger partial charge on any atom is -0.508 e. The van der Waals surface area contributed by atoms with Crippen molar-refractivity contribution >= 4 is 54.4 Å². The van der Waals surface area contributed by atoms with E-state index in [1.54, 1.807) is 6.07 Å². The highest BCUT2D eigenvalue weighted by Gasteiger charge is 2.24. The van der Waals surface area contributed by atoms with E-state index in [4.69, 9.17) is 4.42 Å². The molecule has 0 spiro atoms. The SMILES string of the molecule is CCc1oc2cc(CC(=O)Cc3ccccc3)c(O)cc2c1C(=O)c1cc(Br)c(O)c(Br)c1. The molecule has 0 unspecified atom stereocenters. The molecule has 0 saturated carbocycles. The van der Waals surface area contributed by atoms with Gasteiger partial charge in [0.1, 0.15) is 28.6 Å². The lowest BCUT2D eigenvalue weighted by molar-refractivity contribution is -0.117. The monoisotopic (exact) mass is 570 g/mol. The van der Waals surface area contributed by atoms with Gasteiger partial charge in [0.2, 0.25) is 0 Å². The Morgan fingerprint density at radius 3 is 2.24 bits per heavy atom. The van der Waals surface area contributed by atoms with Crippen LogP contribution < -0.4 is 0 Å². The first-order valence-corrected chi connectivity index (χ1v) is 11.9. The molecule has 33 heavy (non-hydrogen) atoms.